The molecule has 0 radical (unpaired) electrons. The first-order chi connectivity index (χ1) is 24.3. The van der Waals surface area contributed by atoms with Crippen LogP contribution in [0.4, 0.5) is 0 Å². The summed E-state index contributed by atoms with van der Waals surface area (Å²) in [5.74, 6) is 0.666. The highest BCUT2D eigenvalue weighted by atomic mass is 32.1. The molecule has 0 atom stereocenters. The second kappa shape index (κ2) is 10.1. The Hall–Kier alpha value is -6.30. The van der Waals surface area contributed by atoms with Crippen molar-refractivity contribution in [1.82, 2.24) is 19.1 Å². The fourth-order valence-corrected chi connectivity index (χ4v) is 9.11. The van der Waals surface area contributed by atoms with Gasteiger partial charge >= 0.3 is 0 Å². The molecular weight excluding hydrogens is 617 g/mol. The first-order valence-corrected chi connectivity index (χ1v) is 17.3. The molecular formula is C44H26N4S. The lowest BCUT2D eigenvalue weighted by molar-refractivity contribution is 1.01. The fraction of sp³-hybridized carbons (Fsp3) is 0. The molecule has 228 valence electrons. The number of hydrogen-bond donors (Lipinski definition) is 0. The van der Waals surface area contributed by atoms with Gasteiger partial charge in [0, 0.05) is 58.4 Å². The van der Waals surface area contributed by atoms with E-state index in [9.17, 15) is 0 Å². The maximum atomic E-state index is 5.39. The van der Waals surface area contributed by atoms with Crippen LogP contribution in [0.3, 0.4) is 0 Å². The van der Waals surface area contributed by atoms with E-state index in [4.69, 9.17) is 9.97 Å². The zero-order valence-corrected chi connectivity index (χ0v) is 27.0. The smallest absolute Gasteiger partial charge is 0.235 e. The summed E-state index contributed by atoms with van der Waals surface area (Å²) in [6.07, 6.45) is 0. The molecule has 4 heterocycles. The quantitative estimate of drug-likeness (QED) is 0.192. The third-order valence-corrected chi connectivity index (χ3v) is 11.1. The topological polar surface area (TPSA) is 35.6 Å². The Kier molecular flexibility index (Phi) is 5.51. The zero-order chi connectivity index (χ0) is 32.1. The van der Waals surface area contributed by atoms with Crippen molar-refractivity contribution < 1.29 is 0 Å². The van der Waals surface area contributed by atoms with Crippen LogP contribution < -0.4 is 0 Å². The monoisotopic (exact) mass is 642 g/mol. The summed E-state index contributed by atoms with van der Waals surface area (Å²) in [6, 6.07) is 56.2. The molecule has 11 aromatic rings. The van der Waals surface area contributed by atoms with E-state index in [1.807, 2.05) is 17.4 Å². The Labute approximate surface area is 284 Å². The highest BCUT2D eigenvalue weighted by molar-refractivity contribution is 7.26. The van der Waals surface area contributed by atoms with E-state index in [1.54, 1.807) is 0 Å². The Balaban J connectivity index is 1.38. The third kappa shape index (κ3) is 3.73. The van der Waals surface area contributed by atoms with E-state index in [2.05, 4.69) is 161 Å². The first-order valence-electron chi connectivity index (χ1n) is 16.5. The Morgan fingerprint density at radius 1 is 0.429 bits per heavy atom. The summed E-state index contributed by atoms with van der Waals surface area (Å²) in [5.41, 5.74) is 8.63. The van der Waals surface area contributed by atoms with Crippen LogP contribution in [0.5, 0.6) is 0 Å². The lowest BCUT2D eigenvalue weighted by Gasteiger charge is -2.12. The molecule has 0 saturated heterocycles. The van der Waals surface area contributed by atoms with Crippen molar-refractivity contribution in [3.05, 3.63) is 158 Å². The number of rotatable bonds is 3. The average molecular weight is 643 g/mol. The minimum absolute atomic E-state index is 0.666. The van der Waals surface area contributed by atoms with Gasteiger partial charge in [0.1, 0.15) is 0 Å². The largest absolute Gasteiger partial charge is 0.309 e. The zero-order valence-electron chi connectivity index (χ0n) is 26.2. The molecule has 0 spiro atoms. The van der Waals surface area contributed by atoms with E-state index in [-0.39, 0.29) is 0 Å². The Morgan fingerprint density at radius 3 is 1.92 bits per heavy atom. The van der Waals surface area contributed by atoms with Gasteiger partial charge in [0.2, 0.25) is 5.95 Å². The van der Waals surface area contributed by atoms with Crippen LogP contribution in [0.25, 0.3) is 97.6 Å². The summed E-state index contributed by atoms with van der Waals surface area (Å²) in [5, 5.41) is 8.51. The summed E-state index contributed by atoms with van der Waals surface area (Å²) in [6.45, 7) is 0. The molecule has 11 rings (SSSR count). The predicted molar refractivity (Wildman–Crippen MR) is 207 cm³/mol. The number of nitrogens with zero attached hydrogens (tertiary/aromatic N) is 4. The van der Waals surface area contributed by atoms with Gasteiger partial charge in [0.05, 0.1) is 33.3 Å². The fourth-order valence-electron chi connectivity index (χ4n) is 7.86. The molecule has 0 amide bonds. The Bertz CT molecular complexity index is 3100. The van der Waals surface area contributed by atoms with Gasteiger partial charge in [-0.1, -0.05) is 115 Å². The van der Waals surface area contributed by atoms with Gasteiger partial charge < -0.3 is 4.57 Å². The summed E-state index contributed by atoms with van der Waals surface area (Å²) < 4.78 is 7.30. The molecule has 0 bridgehead atoms. The molecule has 0 aliphatic carbocycles. The van der Waals surface area contributed by atoms with Crippen molar-refractivity contribution in [2.24, 2.45) is 0 Å². The minimum Gasteiger partial charge on any atom is -0.309 e. The van der Waals surface area contributed by atoms with Crippen molar-refractivity contribution in [1.29, 1.82) is 0 Å². The van der Waals surface area contributed by atoms with Crippen molar-refractivity contribution in [2.45, 2.75) is 0 Å². The van der Waals surface area contributed by atoms with Crippen molar-refractivity contribution in [2.75, 3.05) is 0 Å². The maximum Gasteiger partial charge on any atom is 0.235 e. The average Bonchev–Trinajstić information content (AvgIpc) is 3.83. The van der Waals surface area contributed by atoms with Crippen molar-refractivity contribution in [3.63, 3.8) is 0 Å². The van der Waals surface area contributed by atoms with Crippen LogP contribution in [0.1, 0.15) is 0 Å². The van der Waals surface area contributed by atoms with E-state index in [0.29, 0.717) is 5.95 Å². The predicted octanol–water partition coefficient (Wildman–Crippen LogP) is 11.9. The van der Waals surface area contributed by atoms with Crippen LogP contribution in [0, 0.1) is 0 Å². The molecule has 0 fully saturated rings. The molecule has 5 heteroatoms. The summed E-state index contributed by atoms with van der Waals surface area (Å²) >= 11 is 1.87. The lowest BCUT2D eigenvalue weighted by Crippen LogP contribution is -2.03. The van der Waals surface area contributed by atoms with Crippen LogP contribution in [0.2, 0.25) is 0 Å². The number of para-hydroxylation sites is 3. The molecule has 0 aliphatic rings. The molecule has 4 nitrogen and oxygen atoms in total. The Morgan fingerprint density at radius 2 is 1.08 bits per heavy atom. The van der Waals surface area contributed by atoms with Crippen molar-refractivity contribution >= 4 is 86.0 Å². The summed E-state index contributed by atoms with van der Waals surface area (Å²) in [7, 11) is 0. The van der Waals surface area contributed by atoms with Crippen molar-refractivity contribution in [3.8, 4) is 22.9 Å². The normalized spacial score (nSPS) is 12.1. The maximum absolute atomic E-state index is 5.39. The summed E-state index contributed by atoms with van der Waals surface area (Å²) in [4.78, 5) is 10.7. The third-order valence-electron chi connectivity index (χ3n) is 9.92. The van der Waals surface area contributed by atoms with Crippen LogP contribution in [-0.2, 0) is 0 Å². The minimum atomic E-state index is 0.666. The van der Waals surface area contributed by atoms with Gasteiger partial charge in [-0.15, -0.1) is 11.3 Å². The van der Waals surface area contributed by atoms with Crippen LogP contribution >= 0.6 is 11.3 Å². The van der Waals surface area contributed by atoms with Crippen LogP contribution in [0.15, 0.2) is 158 Å². The lowest BCUT2D eigenvalue weighted by atomic mass is 10.1. The first kappa shape index (κ1) is 26.7. The molecule has 0 N–H and O–H groups in total. The number of hydrogen-bond acceptors (Lipinski definition) is 3. The number of thiophene rings is 1. The molecule has 0 aliphatic heterocycles. The van der Waals surface area contributed by atoms with E-state index in [1.165, 1.54) is 52.8 Å². The van der Waals surface area contributed by atoms with Gasteiger partial charge in [-0.3, -0.25) is 4.57 Å². The molecule has 0 saturated carbocycles. The van der Waals surface area contributed by atoms with Gasteiger partial charge in [-0.2, -0.15) is 0 Å². The number of benzene rings is 7. The molecule has 0 unspecified atom stereocenters. The number of aromatic nitrogens is 4. The van der Waals surface area contributed by atoms with E-state index >= 15 is 0 Å². The second-order valence-corrected chi connectivity index (χ2v) is 13.6. The van der Waals surface area contributed by atoms with Gasteiger partial charge in [-0.05, 0) is 42.5 Å². The molecule has 4 aromatic heterocycles. The standard InChI is InChI=1S/C44H26N4S/c1-3-13-27(14-4-1)41-33-19-7-10-20-34(33)45-44(46-41)48-36-25-23-31-29-17-8-11-21-35(29)47(28-15-5-2-6-16-28)42(31)39(36)40-37(48)26-24-32-30-18-9-12-22-38(30)49-43(32)40/h1-26H. The van der Waals surface area contributed by atoms with E-state index in [0.717, 1.165) is 38.9 Å². The van der Waals surface area contributed by atoms with Crippen LogP contribution in [-0.4, -0.2) is 19.1 Å². The van der Waals surface area contributed by atoms with Gasteiger partial charge in [-0.25, -0.2) is 9.97 Å². The highest BCUT2D eigenvalue weighted by Gasteiger charge is 2.24. The van der Waals surface area contributed by atoms with Gasteiger partial charge in [0.15, 0.2) is 0 Å². The van der Waals surface area contributed by atoms with E-state index < -0.39 is 0 Å². The number of fused-ring (bicyclic) bond motifs is 12. The SMILES string of the molecule is c1ccc(-c2nc(-n3c4ccc5c6ccccc6sc5c4c4c3ccc3c5ccccc5n(-c5ccccc5)c34)nc3ccccc23)cc1. The second-order valence-electron chi connectivity index (χ2n) is 12.6. The molecule has 7 aromatic carbocycles. The van der Waals surface area contributed by atoms with Gasteiger partial charge in [0.25, 0.3) is 0 Å². The highest BCUT2D eigenvalue weighted by Crippen LogP contribution is 2.47. The molecule has 49 heavy (non-hydrogen) atoms.